The lowest BCUT2D eigenvalue weighted by Crippen LogP contribution is -2.05. The molecule has 5 aromatic rings. The number of benzene rings is 2. The number of nitrogens with zero attached hydrogens (tertiary/aromatic N) is 4. The first-order chi connectivity index (χ1) is 15.1. The summed E-state index contributed by atoms with van der Waals surface area (Å²) in [6.45, 7) is 0.412. The lowest BCUT2D eigenvalue weighted by Gasteiger charge is -2.14. The molecule has 31 heavy (non-hydrogen) atoms. The highest BCUT2D eigenvalue weighted by Crippen LogP contribution is 2.32. The van der Waals surface area contributed by atoms with E-state index in [0.29, 0.717) is 45.3 Å². The number of nitrogens with one attached hydrogen (secondary N) is 2. The lowest BCUT2D eigenvalue weighted by atomic mass is 10.0. The van der Waals surface area contributed by atoms with E-state index in [4.69, 9.17) is 21.3 Å². The molecule has 0 aliphatic heterocycles. The zero-order valence-corrected chi connectivity index (χ0v) is 17.1. The second-order valence-electron chi connectivity index (χ2n) is 6.83. The normalized spacial score (nSPS) is 11.2. The molecular formula is C22H16ClFN6O. The van der Waals surface area contributed by atoms with E-state index in [9.17, 15) is 4.39 Å². The second kappa shape index (κ2) is 7.81. The van der Waals surface area contributed by atoms with Crippen LogP contribution in [0.25, 0.3) is 33.3 Å². The maximum atomic E-state index is 14.0. The van der Waals surface area contributed by atoms with Gasteiger partial charge < -0.3 is 15.0 Å². The van der Waals surface area contributed by atoms with Crippen molar-refractivity contribution < 1.29 is 9.13 Å². The summed E-state index contributed by atoms with van der Waals surface area (Å²) in [7, 11) is 1.43. The van der Waals surface area contributed by atoms with Crippen LogP contribution in [0, 0.1) is 5.82 Å². The lowest BCUT2D eigenvalue weighted by molar-refractivity contribution is 0.387. The first-order valence-electron chi connectivity index (χ1n) is 9.44. The zero-order valence-electron chi connectivity index (χ0n) is 16.4. The largest absolute Gasteiger partial charge is 0.494 e. The Balaban J connectivity index is 1.62. The number of para-hydroxylation sites is 1. The number of hydrogen-bond donors (Lipinski definition) is 2. The second-order valence-corrected chi connectivity index (χ2v) is 7.24. The summed E-state index contributed by atoms with van der Waals surface area (Å²) in [5.74, 6) is 0.330. The molecule has 0 saturated carbocycles. The topological polar surface area (TPSA) is 88.6 Å². The van der Waals surface area contributed by atoms with Crippen LogP contribution in [0.15, 0.2) is 55.1 Å². The Morgan fingerprint density at radius 1 is 1.13 bits per heavy atom. The Morgan fingerprint density at radius 2 is 2.03 bits per heavy atom. The fourth-order valence-corrected chi connectivity index (χ4v) is 3.70. The van der Waals surface area contributed by atoms with Crippen LogP contribution in [-0.2, 0) is 6.54 Å². The number of rotatable bonds is 5. The number of hydrogen-bond acceptors (Lipinski definition) is 6. The standard InChI is InChI=1S/C22H16ClFN6O/c1-31-17-8-13(5-6-16(17)24)18-14(7-12-3-2-4-15(23)19(12)30-18)9-25-21-20-22(27-10-26-20)29-11-28-21/h2-8,10-11H,9H2,1H3,(H2,25,26,27,28,29). The molecule has 154 valence electrons. The van der Waals surface area contributed by atoms with E-state index in [1.165, 1.54) is 19.5 Å². The molecule has 2 N–H and O–H groups in total. The number of H-pyrrole nitrogens is 1. The molecule has 0 atom stereocenters. The first kappa shape index (κ1) is 19.2. The van der Waals surface area contributed by atoms with Crippen LogP contribution in [0.3, 0.4) is 0 Å². The molecule has 0 spiro atoms. The number of anilines is 1. The Kier molecular flexibility index (Phi) is 4.83. The minimum atomic E-state index is -0.438. The van der Waals surface area contributed by atoms with E-state index in [-0.39, 0.29) is 5.75 Å². The molecule has 0 fully saturated rings. The quantitative estimate of drug-likeness (QED) is 0.405. The van der Waals surface area contributed by atoms with Crippen LogP contribution in [0.5, 0.6) is 5.75 Å². The van der Waals surface area contributed by atoms with Gasteiger partial charge in [-0.25, -0.2) is 24.3 Å². The Bertz CT molecular complexity index is 1420. The average Bonchev–Trinajstić information content (AvgIpc) is 3.27. The van der Waals surface area contributed by atoms with E-state index < -0.39 is 5.82 Å². The smallest absolute Gasteiger partial charge is 0.182 e. The molecular weight excluding hydrogens is 419 g/mol. The molecule has 2 aromatic carbocycles. The third-order valence-electron chi connectivity index (χ3n) is 4.97. The summed E-state index contributed by atoms with van der Waals surface area (Å²) >= 11 is 6.39. The first-order valence-corrected chi connectivity index (χ1v) is 9.82. The van der Waals surface area contributed by atoms with Gasteiger partial charge in [0.1, 0.15) is 11.8 Å². The van der Waals surface area contributed by atoms with Gasteiger partial charge in [0.25, 0.3) is 0 Å². The van der Waals surface area contributed by atoms with E-state index >= 15 is 0 Å². The van der Waals surface area contributed by atoms with E-state index in [1.54, 1.807) is 24.5 Å². The van der Waals surface area contributed by atoms with Crippen LogP contribution in [0.4, 0.5) is 10.2 Å². The number of methoxy groups -OCH3 is 1. The monoisotopic (exact) mass is 434 g/mol. The van der Waals surface area contributed by atoms with Gasteiger partial charge in [-0.1, -0.05) is 23.7 Å². The zero-order chi connectivity index (χ0) is 21.4. The molecule has 3 heterocycles. The van der Waals surface area contributed by atoms with Gasteiger partial charge >= 0.3 is 0 Å². The number of imidazole rings is 1. The molecule has 0 unspecified atom stereocenters. The SMILES string of the molecule is COc1cc(-c2nc3c(Cl)cccc3cc2CNc2ncnc3nc[nH]c23)ccc1F. The average molecular weight is 435 g/mol. The molecule has 0 aliphatic carbocycles. The minimum Gasteiger partial charge on any atom is -0.494 e. The summed E-state index contributed by atoms with van der Waals surface area (Å²) in [6.07, 6.45) is 3.02. The van der Waals surface area contributed by atoms with Crippen LogP contribution in [0.1, 0.15) is 5.56 Å². The van der Waals surface area contributed by atoms with Gasteiger partial charge in [-0.3, -0.25) is 0 Å². The van der Waals surface area contributed by atoms with Crippen molar-refractivity contribution in [2.45, 2.75) is 6.54 Å². The van der Waals surface area contributed by atoms with Crippen LogP contribution in [0.2, 0.25) is 5.02 Å². The fraction of sp³-hybridized carbons (Fsp3) is 0.0909. The number of halogens is 2. The molecule has 0 saturated heterocycles. The van der Waals surface area contributed by atoms with E-state index in [2.05, 4.69) is 25.3 Å². The maximum Gasteiger partial charge on any atom is 0.182 e. The van der Waals surface area contributed by atoms with Gasteiger partial charge in [0, 0.05) is 17.5 Å². The Labute approximate surface area is 181 Å². The number of ether oxygens (including phenoxy) is 1. The predicted molar refractivity (Wildman–Crippen MR) is 118 cm³/mol. The molecule has 5 rings (SSSR count). The number of aromatic amines is 1. The summed E-state index contributed by atoms with van der Waals surface area (Å²) in [4.78, 5) is 20.4. The minimum absolute atomic E-state index is 0.146. The number of fused-ring (bicyclic) bond motifs is 2. The van der Waals surface area contributed by atoms with Gasteiger partial charge in [0.2, 0.25) is 0 Å². The van der Waals surface area contributed by atoms with Gasteiger partial charge in [-0.15, -0.1) is 0 Å². The highest BCUT2D eigenvalue weighted by atomic mass is 35.5. The third kappa shape index (κ3) is 3.51. The molecule has 9 heteroatoms. The molecule has 0 amide bonds. The summed E-state index contributed by atoms with van der Waals surface area (Å²) < 4.78 is 19.1. The van der Waals surface area contributed by atoms with Gasteiger partial charge in [-0.2, -0.15) is 0 Å². The maximum absolute atomic E-state index is 14.0. The van der Waals surface area contributed by atoms with Crippen molar-refractivity contribution in [2.75, 3.05) is 12.4 Å². The van der Waals surface area contributed by atoms with Gasteiger partial charge in [0.05, 0.1) is 29.7 Å². The third-order valence-corrected chi connectivity index (χ3v) is 5.27. The van der Waals surface area contributed by atoms with Crippen molar-refractivity contribution in [2.24, 2.45) is 0 Å². The van der Waals surface area contributed by atoms with E-state index in [0.717, 1.165) is 10.9 Å². The van der Waals surface area contributed by atoms with E-state index in [1.807, 2.05) is 18.2 Å². The molecule has 3 aromatic heterocycles. The molecule has 0 radical (unpaired) electrons. The predicted octanol–water partition coefficient (Wildman–Crippen LogP) is 4.98. The molecule has 0 aliphatic rings. The van der Waals surface area contributed by atoms with Crippen molar-refractivity contribution in [1.82, 2.24) is 24.9 Å². The number of aromatic nitrogens is 5. The van der Waals surface area contributed by atoms with Gasteiger partial charge in [0.15, 0.2) is 23.0 Å². The van der Waals surface area contributed by atoms with Crippen molar-refractivity contribution in [1.29, 1.82) is 0 Å². The Hall–Kier alpha value is -3.78. The number of pyridine rings is 1. The Morgan fingerprint density at radius 3 is 2.90 bits per heavy atom. The van der Waals surface area contributed by atoms with Crippen molar-refractivity contribution in [3.8, 4) is 17.0 Å². The summed E-state index contributed by atoms with van der Waals surface area (Å²) in [6, 6.07) is 12.3. The highest BCUT2D eigenvalue weighted by molar-refractivity contribution is 6.35. The van der Waals surface area contributed by atoms with Gasteiger partial charge in [-0.05, 0) is 35.9 Å². The summed E-state index contributed by atoms with van der Waals surface area (Å²) in [5, 5.41) is 4.76. The fourth-order valence-electron chi connectivity index (χ4n) is 3.48. The molecule has 0 bridgehead atoms. The van der Waals surface area contributed by atoms with Crippen molar-refractivity contribution in [3.63, 3.8) is 0 Å². The highest BCUT2D eigenvalue weighted by Gasteiger charge is 2.15. The van der Waals surface area contributed by atoms with Crippen LogP contribution in [-0.4, -0.2) is 32.0 Å². The van der Waals surface area contributed by atoms with Crippen molar-refractivity contribution >= 4 is 39.5 Å². The molecule has 7 nitrogen and oxygen atoms in total. The van der Waals surface area contributed by atoms with Crippen LogP contribution >= 0.6 is 11.6 Å². The van der Waals surface area contributed by atoms with Crippen LogP contribution < -0.4 is 10.1 Å². The summed E-state index contributed by atoms with van der Waals surface area (Å²) in [5.41, 5.74) is 4.22. The van der Waals surface area contributed by atoms with Crippen molar-refractivity contribution in [3.05, 3.63) is 71.5 Å².